The van der Waals surface area contributed by atoms with Crippen LogP contribution in [0.1, 0.15) is 27.2 Å². The zero-order chi connectivity index (χ0) is 14.8. The van der Waals surface area contributed by atoms with E-state index in [0.29, 0.717) is 18.2 Å². The number of rotatable bonds is 3. The number of hydrogen-bond donors (Lipinski definition) is 1. The van der Waals surface area contributed by atoms with Gasteiger partial charge in [-0.1, -0.05) is 18.3 Å². The molecule has 2 heterocycles. The second-order valence-corrected chi connectivity index (χ2v) is 6.37. The van der Waals surface area contributed by atoms with Gasteiger partial charge in [0.2, 0.25) is 10.3 Å². The number of nitrogen functional groups attached to an aromatic ring is 1. The van der Waals surface area contributed by atoms with Crippen LogP contribution < -0.4 is 10.6 Å². The summed E-state index contributed by atoms with van der Waals surface area (Å²) in [4.78, 5) is 15.9. The molecule has 8 heteroatoms. The molecule has 112 valence electrons. The summed E-state index contributed by atoms with van der Waals surface area (Å²) in [5, 5.41) is 9.10. The smallest absolute Gasteiger partial charge is 0.410 e. The number of anilines is 2. The molecule has 1 fully saturated rings. The monoisotopic (exact) mass is 299 g/mol. The van der Waals surface area contributed by atoms with E-state index in [1.54, 1.807) is 4.90 Å². The minimum atomic E-state index is -0.415. The van der Waals surface area contributed by atoms with Crippen LogP contribution in [0.25, 0.3) is 0 Å². The lowest BCUT2D eigenvalue weighted by atomic mass is 10.1. The Morgan fingerprint density at radius 3 is 2.50 bits per heavy atom. The number of carbonyl (C=O) groups excluding carboxylic acids is 1. The number of nitrogens with zero attached hydrogens (tertiary/aromatic N) is 4. The first-order valence-electron chi connectivity index (χ1n) is 6.73. The number of carbonyl (C=O) groups is 1. The van der Waals surface area contributed by atoms with Crippen LogP contribution in [0.15, 0.2) is 0 Å². The van der Waals surface area contributed by atoms with E-state index < -0.39 is 5.60 Å². The molecule has 0 atom stereocenters. The van der Waals surface area contributed by atoms with Crippen molar-refractivity contribution in [2.75, 3.05) is 36.8 Å². The second kappa shape index (κ2) is 5.82. The standard InChI is InChI=1S/C12H21N5O2S/c1-4-12(2,3)19-11(18)17-7-5-16(6-8-17)10-15-14-9(13)20-10/h4-8H2,1-3H3,(H2,13,14). The van der Waals surface area contributed by atoms with Gasteiger partial charge in [-0.25, -0.2) is 4.79 Å². The first kappa shape index (κ1) is 14.8. The summed E-state index contributed by atoms with van der Waals surface area (Å²) < 4.78 is 5.49. The average molecular weight is 299 g/mol. The predicted molar refractivity (Wildman–Crippen MR) is 79.0 cm³/mol. The van der Waals surface area contributed by atoms with Crippen LogP contribution in [0.3, 0.4) is 0 Å². The molecule has 0 aromatic carbocycles. The van der Waals surface area contributed by atoms with Gasteiger partial charge in [-0.05, 0) is 20.3 Å². The number of ether oxygens (including phenoxy) is 1. The Hall–Kier alpha value is -1.57. The van der Waals surface area contributed by atoms with Crippen molar-refractivity contribution in [3.8, 4) is 0 Å². The molecule has 1 saturated heterocycles. The van der Waals surface area contributed by atoms with E-state index in [1.807, 2.05) is 20.8 Å². The topological polar surface area (TPSA) is 84.6 Å². The van der Waals surface area contributed by atoms with Crippen molar-refractivity contribution in [1.29, 1.82) is 0 Å². The van der Waals surface area contributed by atoms with Crippen LogP contribution in [0.4, 0.5) is 15.1 Å². The van der Waals surface area contributed by atoms with Crippen molar-refractivity contribution in [1.82, 2.24) is 15.1 Å². The van der Waals surface area contributed by atoms with Gasteiger partial charge in [-0.3, -0.25) is 0 Å². The van der Waals surface area contributed by atoms with Crippen molar-refractivity contribution >= 4 is 27.7 Å². The largest absolute Gasteiger partial charge is 0.443 e. The molecule has 0 radical (unpaired) electrons. The molecule has 20 heavy (non-hydrogen) atoms. The van der Waals surface area contributed by atoms with Crippen molar-refractivity contribution in [3.05, 3.63) is 0 Å². The van der Waals surface area contributed by atoms with Crippen LogP contribution in [-0.2, 0) is 4.74 Å². The molecule has 0 saturated carbocycles. The highest BCUT2D eigenvalue weighted by molar-refractivity contribution is 7.18. The molecule has 0 aliphatic carbocycles. The summed E-state index contributed by atoms with van der Waals surface area (Å²) in [5.74, 6) is 0. The van der Waals surface area contributed by atoms with Gasteiger partial charge in [0.1, 0.15) is 5.60 Å². The molecule has 0 unspecified atom stereocenters. The molecule has 1 aliphatic heterocycles. The minimum Gasteiger partial charge on any atom is -0.443 e. The summed E-state index contributed by atoms with van der Waals surface area (Å²) in [6.45, 7) is 8.53. The number of hydrogen-bond acceptors (Lipinski definition) is 7. The summed E-state index contributed by atoms with van der Waals surface area (Å²) >= 11 is 1.36. The van der Waals surface area contributed by atoms with E-state index in [4.69, 9.17) is 10.5 Å². The third-order valence-corrected chi connectivity index (χ3v) is 4.27. The highest BCUT2D eigenvalue weighted by atomic mass is 32.1. The molecule has 2 N–H and O–H groups in total. The van der Waals surface area contributed by atoms with E-state index in [0.717, 1.165) is 24.6 Å². The molecular weight excluding hydrogens is 278 g/mol. The van der Waals surface area contributed by atoms with Gasteiger partial charge in [0.25, 0.3) is 0 Å². The van der Waals surface area contributed by atoms with Crippen LogP contribution in [0.5, 0.6) is 0 Å². The maximum Gasteiger partial charge on any atom is 0.410 e. The van der Waals surface area contributed by atoms with Crippen molar-refractivity contribution in [2.45, 2.75) is 32.8 Å². The summed E-state index contributed by atoms with van der Waals surface area (Å²) in [6.07, 6.45) is 0.552. The normalized spacial score (nSPS) is 16.4. The van der Waals surface area contributed by atoms with E-state index >= 15 is 0 Å². The molecule has 2 rings (SSSR count). The predicted octanol–water partition coefficient (Wildman–Crippen LogP) is 1.57. The van der Waals surface area contributed by atoms with Crippen LogP contribution in [-0.4, -0.2) is 53.0 Å². The van der Waals surface area contributed by atoms with Gasteiger partial charge >= 0.3 is 6.09 Å². The molecule has 0 bridgehead atoms. The molecule has 1 aliphatic rings. The maximum absolute atomic E-state index is 12.1. The number of nitrogens with two attached hydrogens (primary N) is 1. The Morgan fingerprint density at radius 1 is 1.35 bits per heavy atom. The lowest BCUT2D eigenvalue weighted by Crippen LogP contribution is -2.50. The van der Waals surface area contributed by atoms with Gasteiger partial charge in [-0.15, -0.1) is 10.2 Å². The Kier molecular flexibility index (Phi) is 4.32. The zero-order valence-electron chi connectivity index (χ0n) is 12.1. The third kappa shape index (κ3) is 3.50. The Balaban J connectivity index is 1.86. The SMILES string of the molecule is CCC(C)(C)OC(=O)N1CCN(c2nnc(N)s2)CC1. The summed E-state index contributed by atoms with van der Waals surface area (Å²) in [7, 11) is 0. The van der Waals surface area contributed by atoms with E-state index in [1.165, 1.54) is 11.3 Å². The van der Waals surface area contributed by atoms with E-state index in [2.05, 4.69) is 15.1 Å². The fourth-order valence-corrected chi connectivity index (χ4v) is 2.47. The first-order valence-corrected chi connectivity index (χ1v) is 7.55. The maximum atomic E-state index is 12.1. The molecule has 7 nitrogen and oxygen atoms in total. The van der Waals surface area contributed by atoms with Crippen molar-refractivity contribution < 1.29 is 9.53 Å². The first-order chi connectivity index (χ1) is 9.41. The van der Waals surface area contributed by atoms with Crippen LogP contribution in [0.2, 0.25) is 0 Å². The second-order valence-electron chi connectivity index (χ2n) is 5.38. The van der Waals surface area contributed by atoms with Gasteiger partial charge in [0, 0.05) is 26.2 Å². The Bertz CT molecular complexity index is 468. The molecule has 1 amide bonds. The Labute approximate surface area is 122 Å². The van der Waals surface area contributed by atoms with E-state index in [9.17, 15) is 4.79 Å². The van der Waals surface area contributed by atoms with Crippen LogP contribution >= 0.6 is 11.3 Å². The summed E-state index contributed by atoms with van der Waals surface area (Å²) in [6, 6.07) is 0. The highest BCUT2D eigenvalue weighted by Gasteiger charge is 2.28. The summed E-state index contributed by atoms with van der Waals surface area (Å²) in [5.41, 5.74) is 5.16. The molecule has 0 spiro atoms. The van der Waals surface area contributed by atoms with Gasteiger partial charge in [-0.2, -0.15) is 0 Å². The average Bonchev–Trinajstić information content (AvgIpc) is 2.85. The molecular formula is C12H21N5O2S. The fourth-order valence-electron chi connectivity index (χ4n) is 1.81. The van der Waals surface area contributed by atoms with Crippen molar-refractivity contribution in [2.24, 2.45) is 0 Å². The van der Waals surface area contributed by atoms with Gasteiger partial charge < -0.3 is 20.3 Å². The highest BCUT2D eigenvalue weighted by Crippen LogP contribution is 2.23. The Morgan fingerprint density at radius 2 is 2.00 bits per heavy atom. The quantitative estimate of drug-likeness (QED) is 0.912. The third-order valence-electron chi connectivity index (χ3n) is 3.45. The minimum absolute atomic E-state index is 0.242. The lowest BCUT2D eigenvalue weighted by molar-refractivity contribution is 0.0106. The zero-order valence-corrected chi connectivity index (χ0v) is 12.9. The molecule has 1 aromatic rings. The van der Waals surface area contributed by atoms with E-state index in [-0.39, 0.29) is 6.09 Å². The van der Waals surface area contributed by atoms with Crippen molar-refractivity contribution in [3.63, 3.8) is 0 Å². The lowest BCUT2D eigenvalue weighted by Gasteiger charge is -2.35. The van der Waals surface area contributed by atoms with Gasteiger partial charge in [0.05, 0.1) is 0 Å². The number of aromatic nitrogens is 2. The number of amides is 1. The fraction of sp³-hybridized carbons (Fsp3) is 0.750. The van der Waals surface area contributed by atoms with Crippen LogP contribution in [0, 0.1) is 0 Å². The molecule has 1 aromatic heterocycles. The number of piperazine rings is 1. The van der Waals surface area contributed by atoms with Gasteiger partial charge in [0.15, 0.2) is 0 Å².